The molecule has 0 spiro atoms. The predicted molar refractivity (Wildman–Crippen MR) is 58.6 cm³/mol. The molecule has 0 aliphatic rings. The Kier molecular flexibility index (Phi) is 5.90. The SMILES string of the molecule is Br.CC(Br)C(=O)Oc1ccncc1. The number of nitrogens with zero attached hydrogens (tertiary/aromatic N) is 1. The normalized spacial score (nSPS) is 11.2. The first-order chi connectivity index (χ1) is 5.70. The van der Waals surface area contributed by atoms with E-state index >= 15 is 0 Å². The van der Waals surface area contributed by atoms with E-state index in [1.165, 1.54) is 0 Å². The Morgan fingerprint density at radius 3 is 2.54 bits per heavy atom. The maximum absolute atomic E-state index is 11.0. The molecule has 1 aromatic heterocycles. The van der Waals surface area contributed by atoms with Crippen LogP contribution in [-0.4, -0.2) is 15.8 Å². The van der Waals surface area contributed by atoms with Gasteiger partial charge in [-0.3, -0.25) is 9.78 Å². The zero-order valence-corrected chi connectivity index (χ0v) is 10.2. The monoisotopic (exact) mass is 309 g/mol. The van der Waals surface area contributed by atoms with Crippen LogP contribution in [0.1, 0.15) is 6.92 Å². The van der Waals surface area contributed by atoms with E-state index in [2.05, 4.69) is 20.9 Å². The fourth-order valence-corrected chi connectivity index (χ4v) is 0.697. The summed E-state index contributed by atoms with van der Waals surface area (Å²) < 4.78 is 4.95. The number of alkyl halides is 1. The number of hydrogen-bond donors (Lipinski definition) is 0. The van der Waals surface area contributed by atoms with Gasteiger partial charge in [-0.1, -0.05) is 15.9 Å². The second kappa shape index (κ2) is 6.10. The number of halogens is 2. The standard InChI is InChI=1S/C8H8BrNO2.BrH/c1-6(9)8(11)12-7-2-4-10-5-3-7;/h2-6H,1H3;1H. The van der Waals surface area contributed by atoms with Crippen LogP contribution in [-0.2, 0) is 4.79 Å². The molecule has 1 heterocycles. The van der Waals surface area contributed by atoms with Crippen LogP contribution in [0.5, 0.6) is 5.75 Å². The molecule has 0 radical (unpaired) electrons. The van der Waals surface area contributed by atoms with Crippen LogP contribution in [0.4, 0.5) is 0 Å². The number of hydrogen-bond acceptors (Lipinski definition) is 3. The van der Waals surface area contributed by atoms with Crippen molar-refractivity contribution in [3.8, 4) is 5.75 Å². The van der Waals surface area contributed by atoms with Crippen LogP contribution in [0.25, 0.3) is 0 Å². The summed E-state index contributed by atoms with van der Waals surface area (Å²) >= 11 is 3.11. The summed E-state index contributed by atoms with van der Waals surface area (Å²) in [5, 5.41) is 0. The second-order valence-corrected chi connectivity index (χ2v) is 3.59. The third-order valence-corrected chi connectivity index (χ3v) is 1.57. The Morgan fingerprint density at radius 1 is 1.54 bits per heavy atom. The van der Waals surface area contributed by atoms with Crippen molar-refractivity contribution in [3.05, 3.63) is 24.5 Å². The molecule has 1 atom stereocenters. The molecule has 0 amide bonds. The van der Waals surface area contributed by atoms with Crippen molar-refractivity contribution in [3.63, 3.8) is 0 Å². The fourth-order valence-electron chi connectivity index (χ4n) is 0.604. The summed E-state index contributed by atoms with van der Waals surface area (Å²) in [6, 6.07) is 3.26. The quantitative estimate of drug-likeness (QED) is 0.622. The minimum Gasteiger partial charge on any atom is -0.426 e. The topological polar surface area (TPSA) is 39.2 Å². The fraction of sp³-hybridized carbons (Fsp3) is 0.250. The molecule has 1 unspecified atom stereocenters. The number of carbonyl (C=O) groups excluding carboxylic acids is 1. The number of ether oxygens (including phenoxy) is 1. The van der Waals surface area contributed by atoms with E-state index in [0.717, 1.165) is 0 Å². The largest absolute Gasteiger partial charge is 0.426 e. The third kappa shape index (κ3) is 4.38. The molecule has 0 aliphatic heterocycles. The summed E-state index contributed by atoms with van der Waals surface area (Å²) in [6.07, 6.45) is 3.14. The summed E-state index contributed by atoms with van der Waals surface area (Å²) in [5.41, 5.74) is 0. The smallest absolute Gasteiger partial charge is 0.324 e. The summed E-state index contributed by atoms with van der Waals surface area (Å²) in [5.74, 6) is 0.211. The molecule has 1 rings (SSSR count). The van der Waals surface area contributed by atoms with Gasteiger partial charge in [0.2, 0.25) is 0 Å². The van der Waals surface area contributed by atoms with Gasteiger partial charge in [-0.05, 0) is 19.1 Å². The molecular formula is C8H9Br2NO2. The van der Waals surface area contributed by atoms with E-state index in [0.29, 0.717) is 5.75 Å². The van der Waals surface area contributed by atoms with E-state index < -0.39 is 0 Å². The van der Waals surface area contributed by atoms with E-state index in [1.54, 1.807) is 31.5 Å². The molecule has 5 heteroatoms. The zero-order chi connectivity index (χ0) is 8.97. The number of pyridine rings is 1. The molecule has 0 saturated carbocycles. The van der Waals surface area contributed by atoms with Gasteiger partial charge in [-0.2, -0.15) is 0 Å². The molecule has 0 fully saturated rings. The van der Waals surface area contributed by atoms with Gasteiger partial charge in [0.15, 0.2) is 0 Å². The van der Waals surface area contributed by atoms with Crippen LogP contribution >= 0.6 is 32.9 Å². The first-order valence-corrected chi connectivity index (χ1v) is 4.37. The first kappa shape index (κ1) is 12.6. The molecule has 13 heavy (non-hydrogen) atoms. The Morgan fingerprint density at radius 2 is 2.08 bits per heavy atom. The molecule has 0 bridgehead atoms. The molecule has 0 saturated heterocycles. The lowest BCUT2D eigenvalue weighted by molar-refractivity contribution is -0.133. The maximum atomic E-state index is 11.0. The highest BCUT2D eigenvalue weighted by atomic mass is 79.9. The Balaban J connectivity index is 0.00000144. The highest BCUT2D eigenvalue weighted by Gasteiger charge is 2.10. The van der Waals surface area contributed by atoms with Crippen molar-refractivity contribution in [2.75, 3.05) is 0 Å². The number of carbonyl (C=O) groups is 1. The number of aromatic nitrogens is 1. The Bertz CT molecular complexity index is 264. The van der Waals surface area contributed by atoms with Crippen LogP contribution in [0, 0.1) is 0 Å². The van der Waals surface area contributed by atoms with E-state index in [4.69, 9.17) is 4.74 Å². The molecule has 0 aromatic carbocycles. The maximum Gasteiger partial charge on any atom is 0.324 e. The highest BCUT2D eigenvalue weighted by molar-refractivity contribution is 9.10. The summed E-state index contributed by atoms with van der Waals surface area (Å²) in [4.78, 5) is 14.5. The Labute approximate surface area is 95.4 Å². The van der Waals surface area contributed by atoms with Gasteiger partial charge < -0.3 is 4.74 Å². The average molecular weight is 311 g/mol. The molecular weight excluding hydrogens is 302 g/mol. The molecule has 0 N–H and O–H groups in total. The van der Waals surface area contributed by atoms with Crippen molar-refractivity contribution in [1.29, 1.82) is 0 Å². The van der Waals surface area contributed by atoms with Crippen molar-refractivity contribution in [1.82, 2.24) is 4.98 Å². The molecule has 0 aliphatic carbocycles. The van der Waals surface area contributed by atoms with E-state index in [9.17, 15) is 4.79 Å². The van der Waals surface area contributed by atoms with Gasteiger partial charge in [0.05, 0.1) is 0 Å². The van der Waals surface area contributed by atoms with Crippen LogP contribution < -0.4 is 4.74 Å². The van der Waals surface area contributed by atoms with Gasteiger partial charge in [0.25, 0.3) is 0 Å². The zero-order valence-electron chi connectivity index (χ0n) is 6.94. The lowest BCUT2D eigenvalue weighted by Gasteiger charge is -2.03. The molecule has 72 valence electrons. The average Bonchev–Trinajstić information content (AvgIpc) is 2.06. The van der Waals surface area contributed by atoms with Gasteiger partial charge >= 0.3 is 5.97 Å². The molecule has 3 nitrogen and oxygen atoms in total. The van der Waals surface area contributed by atoms with Gasteiger partial charge in [-0.25, -0.2) is 0 Å². The van der Waals surface area contributed by atoms with Crippen molar-refractivity contribution in [2.24, 2.45) is 0 Å². The van der Waals surface area contributed by atoms with Gasteiger partial charge in [-0.15, -0.1) is 17.0 Å². The van der Waals surface area contributed by atoms with Gasteiger partial charge in [0, 0.05) is 12.4 Å². The predicted octanol–water partition coefficient (Wildman–Crippen LogP) is 2.35. The lowest BCUT2D eigenvalue weighted by Crippen LogP contribution is -2.16. The highest BCUT2D eigenvalue weighted by Crippen LogP contribution is 2.09. The summed E-state index contributed by atoms with van der Waals surface area (Å²) in [7, 11) is 0. The number of rotatable bonds is 2. The van der Waals surface area contributed by atoms with E-state index in [1.807, 2.05) is 0 Å². The molecule has 1 aromatic rings. The van der Waals surface area contributed by atoms with Crippen molar-refractivity contribution in [2.45, 2.75) is 11.8 Å². The Hall–Kier alpha value is -0.420. The van der Waals surface area contributed by atoms with Crippen LogP contribution in [0.2, 0.25) is 0 Å². The van der Waals surface area contributed by atoms with Crippen molar-refractivity contribution < 1.29 is 9.53 Å². The first-order valence-electron chi connectivity index (χ1n) is 3.46. The third-order valence-electron chi connectivity index (χ3n) is 1.19. The van der Waals surface area contributed by atoms with Crippen LogP contribution in [0.3, 0.4) is 0 Å². The van der Waals surface area contributed by atoms with E-state index in [-0.39, 0.29) is 27.8 Å². The minimum absolute atomic E-state index is 0. The number of esters is 1. The second-order valence-electron chi connectivity index (χ2n) is 2.22. The van der Waals surface area contributed by atoms with Gasteiger partial charge in [0.1, 0.15) is 10.6 Å². The van der Waals surface area contributed by atoms with Crippen molar-refractivity contribution >= 4 is 38.9 Å². The lowest BCUT2D eigenvalue weighted by atomic mass is 10.4. The summed E-state index contributed by atoms with van der Waals surface area (Å²) in [6.45, 7) is 1.71. The minimum atomic E-state index is -0.304. The van der Waals surface area contributed by atoms with Crippen LogP contribution in [0.15, 0.2) is 24.5 Å².